The Bertz CT molecular complexity index is 898. The lowest BCUT2D eigenvalue weighted by Crippen LogP contribution is -2.49. The number of ether oxygens (including phenoxy) is 1. The van der Waals surface area contributed by atoms with Crippen molar-refractivity contribution < 1.29 is 9.53 Å². The number of hydrogen-bond donors (Lipinski definition) is 1. The van der Waals surface area contributed by atoms with Crippen LogP contribution in [0.3, 0.4) is 0 Å². The van der Waals surface area contributed by atoms with Crippen molar-refractivity contribution in [2.45, 2.75) is 57.2 Å². The van der Waals surface area contributed by atoms with Crippen LogP contribution in [0.2, 0.25) is 0 Å². The maximum Gasteiger partial charge on any atom is 0.223 e. The Morgan fingerprint density at radius 2 is 1.81 bits per heavy atom. The van der Waals surface area contributed by atoms with Crippen LogP contribution in [0.5, 0.6) is 0 Å². The van der Waals surface area contributed by atoms with Gasteiger partial charge < -0.3 is 15.0 Å². The van der Waals surface area contributed by atoms with Crippen molar-refractivity contribution in [1.29, 1.82) is 0 Å². The fourth-order valence-electron chi connectivity index (χ4n) is 5.56. The molecular formula is C26H36N4O2. The van der Waals surface area contributed by atoms with E-state index in [1.807, 2.05) is 0 Å². The van der Waals surface area contributed by atoms with Gasteiger partial charge in [-0.2, -0.15) is 0 Å². The first kappa shape index (κ1) is 21.8. The van der Waals surface area contributed by atoms with E-state index >= 15 is 0 Å². The SMILES string of the molecule is O=C(NCC1CCCO1)C1CCN(C2CCN(Cc3ccc4ccccc4n3)CC2)CC1. The zero-order valence-corrected chi connectivity index (χ0v) is 19.0. The Morgan fingerprint density at radius 1 is 1.00 bits per heavy atom. The second-order valence-corrected chi connectivity index (χ2v) is 9.69. The summed E-state index contributed by atoms with van der Waals surface area (Å²) >= 11 is 0. The Labute approximate surface area is 191 Å². The normalized spacial score (nSPS) is 24.2. The van der Waals surface area contributed by atoms with Crippen molar-refractivity contribution >= 4 is 16.8 Å². The molecule has 1 aromatic carbocycles. The van der Waals surface area contributed by atoms with Crippen LogP contribution in [0.15, 0.2) is 36.4 Å². The molecule has 4 heterocycles. The minimum absolute atomic E-state index is 0.173. The summed E-state index contributed by atoms with van der Waals surface area (Å²) in [6.07, 6.45) is 6.82. The van der Waals surface area contributed by atoms with Gasteiger partial charge in [0.25, 0.3) is 0 Å². The number of rotatable bonds is 6. The summed E-state index contributed by atoms with van der Waals surface area (Å²) in [5, 5.41) is 4.34. The van der Waals surface area contributed by atoms with E-state index in [1.165, 1.54) is 18.2 Å². The molecule has 5 rings (SSSR count). The summed E-state index contributed by atoms with van der Waals surface area (Å²) in [5.41, 5.74) is 2.25. The highest BCUT2D eigenvalue weighted by molar-refractivity contribution is 5.79. The van der Waals surface area contributed by atoms with E-state index in [0.717, 1.165) is 76.2 Å². The Hall–Kier alpha value is -2.02. The van der Waals surface area contributed by atoms with Crippen molar-refractivity contribution in [1.82, 2.24) is 20.1 Å². The van der Waals surface area contributed by atoms with Crippen molar-refractivity contribution in [2.24, 2.45) is 5.92 Å². The molecule has 3 saturated heterocycles. The minimum atomic E-state index is 0.173. The van der Waals surface area contributed by atoms with Gasteiger partial charge >= 0.3 is 0 Å². The fraction of sp³-hybridized carbons (Fsp3) is 0.615. The molecular weight excluding hydrogens is 400 g/mol. The summed E-state index contributed by atoms with van der Waals surface area (Å²) in [5.74, 6) is 0.407. The van der Waals surface area contributed by atoms with E-state index in [1.54, 1.807) is 0 Å². The van der Waals surface area contributed by atoms with Crippen LogP contribution >= 0.6 is 0 Å². The molecule has 172 valence electrons. The van der Waals surface area contributed by atoms with Crippen molar-refractivity contribution in [3.8, 4) is 0 Å². The molecule has 0 aliphatic carbocycles. The van der Waals surface area contributed by atoms with E-state index in [-0.39, 0.29) is 17.9 Å². The molecule has 0 spiro atoms. The van der Waals surface area contributed by atoms with Crippen LogP contribution < -0.4 is 5.32 Å². The lowest BCUT2D eigenvalue weighted by molar-refractivity contribution is -0.127. The first-order chi connectivity index (χ1) is 15.7. The summed E-state index contributed by atoms with van der Waals surface area (Å²) in [6.45, 7) is 6.82. The molecule has 1 atom stereocenters. The standard InChI is InChI=1S/C26H36N4O2/c31-26(27-18-24-5-3-17-32-24)21-9-15-30(16-10-21)23-11-13-29(14-12-23)19-22-8-7-20-4-1-2-6-25(20)28-22/h1-2,4,6-8,21,23-24H,3,5,9-19H2,(H,27,31). The number of nitrogens with zero attached hydrogens (tertiary/aromatic N) is 3. The second-order valence-electron chi connectivity index (χ2n) is 9.69. The van der Waals surface area contributed by atoms with E-state index in [0.29, 0.717) is 12.6 Å². The number of amides is 1. The quantitative estimate of drug-likeness (QED) is 0.754. The van der Waals surface area contributed by atoms with Crippen molar-refractivity contribution in [3.05, 3.63) is 42.1 Å². The molecule has 3 fully saturated rings. The van der Waals surface area contributed by atoms with E-state index in [2.05, 4.69) is 51.5 Å². The Kier molecular flexibility index (Phi) is 7.00. The number of likely N-dealkylation sites (tertiary alicyclic amines) is 2. The van der Waals surface area contributed by atoms with E-state index in [4.69, 9.17) is 9.72 Å². The Morgan fingerprint density at radius 3 is 2.59 bits per heavy atom. The van der Waals surface area contributed by atoms with Crippen LogP contribution in [0.1, 0.15) is 44.2 Å². The smallest absolute Gasteiger partial charge is 0.223 e. The summed E-state index contributed by atoms with van der Waals surface area (Å²) in [4.78, 5) is 22.6. The number of pyridine rings is 1. The average molecular weight is 437 g/mol. The zero-order chi connectivity index (χ0) is 21.8. The van der Waals surface area contributed by atoms with Crippen LogP contribution in [-0.4, -0.2) is 72.2 Å². The number of benzene rings is 1. The van der Waals surface area contributed by atoms with Gasteiger partial charge in [-0.3, -0.25) is 14.7 Å². The number of piperidine rings is 2. The fourth-order valence-corrected chi connectivity index (χ4v) is 5.56. The molecule has 0 bridgehead atoms. The molecule has 3 aliphatic rings. The maximum atomic E-state index is 12.5. The highest BCUT2D eigenvalue weighted by Crippen LogP contribution is 2.25. The predicted molar refractivity (Wildman–Crippen MR) is 126 cm³/mol. The molecule has 0 radical (unpaired) electrons. The molecule has 6 nitrogen and oxygen atoms in total. The molecule has 1 N–H and O–H groups in total. The molecule has 0 saturated carbocycles. The first-order valence-electron chi connectivity index (χ1n) is 12.4. The summed E-state index contributed by atoms with van der Waals surface area (Å²) < 4.78 is 5.62. The number of carbonyl (C=O) groups is 1. The first-order valence-corrected chi connectivity index (χ1v) is 12.4. The maximum absolute atomic E-state index is 12.5. The number of nitrogens with one attached hydrogen (secondary N) is 1. The largest absolute Gasteiger partial charge is 0.376 e. The lowest BCUT2D eigenvalue weighted by atomic mass is 9.92. The second kappa shape index (κ2) is 10.3. The summed E-state index contributed by atoms with van der Waals surface area (Å²) in [6, 6.07) is 13.4. The van der Waals surface area contributed by atoms with Gasteiger partial charge in [0, 0.05) is 50.1 Å². The van der Waals surface area contributed by atoms with Gasteiger partial charge in [-0.1, -0.05) is 24.3 Å². The number of aromatic nitrogens is 1. The van der Waals surface area contributed by atoms with Gasteiger partial charge in [-0.25, -0.2) is 0 Å². The minimum Gasteiger partial charge on any atom is -0.376 e. The third kappa shape index (κ3) is 5.30. The monoisotopic (exact) mass is 436 g/mol. The van der Waals surface area contributed by atoms with Crippen molar-refractivity contribution in [3.63, 3.8) is 0 Å². The van der Waals surface area contributed by atoms with Gasteiger partial charge in [-0.15, -0.1) is 0 Å². The molecule has 32 heavy (non-hydrogen) atoms. The van der Waals surface area contributed by atoms with Crippen LogP contribution in [-0.2, 0) is 16.1 Å². The van der Waals surface area contributed by atoms with E-state index in [9.17, 15) is 4.79 Å². The number of fused-ring (bicyclic) bond motifs is 1. The topological polar surface area (TPSA) is 57.7 Å². The van der Waals surface area contributed by atoms with Crippen LogP contribution in [0.25, 0.3) is 10.9 Å². The lowest BCUT2D eigenvalue weighted by Gasteiger charge is -2.41. The molecule has 6 heteroatoms. The highest BCUT2D eigenvalue weighted by atomic mass is 16.5. The van der Waals surface area contributed by atoms with Crippen LogP contribution in [0, 0.1) is 5.92 Å². The third-order valence-corrected chi connectivity index (χ3v) is 7.54. The zero-order valence-electron chi connectivity index (χ0n) is 19.0. The van der Waals surface area contributed by atoms with Crippen molar-refractivity contribution in [2.75, 3.05) is 39.3 Å². The van der Waals surface area contributed by atoms with Gasteiger partial charge in [-0.05, 0) is 63.7 Å². The molecule has 1 amide bonds. The average Bonchev–Trinajstić information content (AvgIpc) is 3.37. The highest BCUT2D eigenvalue weighted by Gasteiger charge is 2.31. The van der Waals surface area contributed by atoms with Gasteiger partial charge in [0.2, 0.25) is 5.91 Å². The predicted octanol–water partition coefficient (Wildman–Crippen LogP) is 3.21. The third-order valence-electron chi connectivity index (χ3n) is 7.54. The number of hydrogen-bond acceptors (Lipinski definition) is 5. The van der Waals surface area contributed by atoms with Gasteiger partial charge in [0.1, 0.15) is 0 Å². The molecule has 1 unspecified atom stereocenters. The summed E-state index contributed by atoms with van der Waals surface area (Å²) in [7, 11) is 0. The molecule has 2 aromatic rings. The van der Waals surface area contributed by atoms with Gasteiger partial charge in [0.05, 0.1) is 17.3 Å². The Balaban J connectivity index is 1.04. The van der Waals surface area contributed by atoms with Crippen LogP contribution in [0.4, 0.5) is 0 Å². The molecule has 3 aliphatic heterocycles. The number of carbonyl (C=O) groups excluding carboxylic acids is 1. The van der Waals surface area contributed by atoms with Gasteiger partial charge in [0.15, 0.2) is 0 Å². The van der Waals surface area contributed by atoms with E-state index < -0.39 is 0 Å². The molecule has 1 aromatic heterocycles. The number of para-hydroxylation sites is 1.